The summed E-state index contributed by atoms with van der Waals surface area (Å²) in [5, 5.41) is 0.739. The number of halogens is 1. The highest BCUT2D eigenvalue weighted by atomic mass is 35.5. The predicted molar refractivity (Wildman–Crippen MR) is 109 cm³/mol. The minimum Gasteiger partial charge on any atom is -0.313 e. The standard InChI is InChI=1S/C21H27ClN4/c1-4-6-7-8-9-12-26-18(5-2)25-20-19(23-14-24-21(20)26)17-11-10-16(22)13-15(17)3/h10-11,13-14H,4-9,12H2,1-3H3. The number of benzene rings is 1. The summed E-state index contributed by atoms with van der Waals surface area (Å²) in [4.78, 5) is 14.0. The van der Waals surface area contributed by atoms with E-state index in [9.17, 15) is 0 Å². The summed E-state index contributed by atoms with van der Waals surface area (Å²) >= 11 is 6.12. The van der Waals surface area contributed by atoms with Crippen molar-refractivity contribution in [3.63, 3.8) is 0 Å². The average molecular weight is 371 g/mol. The van der Waals surface area contributed by atoms with E-state index in [1.807, 2.05) is 18.2 Å². The topological polar surface area (TPSA) is 43.6 Å². The summed E-state index contributed by atoms with van der Waals surface area (Å²) in [6.07, 6.45) is 8.85. The van der Waals surface area contributed by atoms with Crippen LogP contribution in [0.25, 0.3) is 22.4 Å². The second-order valence-corrected chi connectivity index (χ2v) is 7.24. The molecule has 0 N–H and O–H groups in total. The second-order valence-electron chi connectivity index (χ2n) is 6.80. The fourth-order valence-corrected chi connectivity index (χ4v) is 3.68. The molecular formula is C21H27ClN4. The van der Waals surface area contributed by atoms with Gasteiger partial charge in [0, 0.05) is 23.6 Å². The van der Waals surface area contributed by atoms with Crippen molar-refractivity contribution in [1.29, 1.82) is 0 Å². The Morgan fingerprint density at radius 2 is 1.85 bits per heavy atom. The molecule has 2 heterocycles. The Kier molecular flexibility index (Phi) is 6.25. The van der Waals surface area contributed by atoms with E-state index in [1.54, 1.807) is 6.33 Å². The summed E-state index contributed by atoms with van der Waals surface area (Å²) in [6.45, 7) is 7.42. The molecule has 3 aromatic rings. The first-order valence-electron chi connectivity index (χ1n) is 9.62. The van der Waals surface area contributed by atoms with Crippen molar-refractivity contribution in [2.75, 3.05) is 0 Å². The molecule has 0 aliphatic carbocycles. The van der Waals surface area contributed by atoms with E-state index in [-0.39, 0.29) is 0 Å². The van der Waals surface area contributed by atoms with Gasteiger partial charge in [-0.1, -0.05) is 57.2 Å². The van der Waals surface area contributed by atoms with Crippen molar-refractivity contribution < 1.29 is 0 Å². The lowest BCUT2D eigenvalue weighted by Crippen LogP contribution is -2.04. The van der Waals surface area contributed by atoms with E-state index in [0.29, 0.717) is 0 Å². The van der Waals surface area contributed by atoms with Crippen LogP contribution in [0.3, 0.4) is 0 Å². The van der Waals surface area contributed by atoms with Crippen LogP contribution in [0, 0.1) is 6.92 Å². The van der Waals surface area contributed by atoms with Crippen LogP contribution in [0.1, 0.15) is 57.3 Å². The van der Waals surface area contributed by atoms with Crippen molar-refractivity contribution >= 4 is 22.8 Å². The first-order chi connectivity index (χ1) is 12.7. The Hall–Kier alpha value is -1.94. The van der Waals surface area contributed by atoms with Crippen LogP contribution in [0.5, 0.6) is 0 Å². The first-order valence-corrected chi connectivity index (χ1v) is 10.00. The van der Waals surface area contributed by atoms with Crippen LogP contribution in [0.4, 0.5) is 0 Å². The highest BCUT2D eigenvalue weighted by Crippen LogP contribution is 2.30. The number of aromatic nitrogens is 4. The van der Waals surface area contributed by atoms with Gasteiger partial charge < -0.3 is 4.57 Å². The molecule has 1 aromatic carbocycles. The third kappa shape index (κ3) is 3.90. The molecule has 0 aliphatic rings. The lowest BCUT2D eigenvalue weighted by Gasteiger charge is -2.08. The maximum atomic E-state index is 6.12. The van der Waals surface area contributed by atoms with Gasteiger partial charge in [-0.25, -0.2) is 15.0 Å². The summed E-state index contributed by atoms with van der Waals surface area (Å²) < 4.78 is 2.28. The third-order valence-electron chi connectivity index (χ3n) is 4.86. The highest BCUT2D eigenvalue weighted by Gasteiger charge is 2.17. The minimum atomic E-state index is 0.739. The number of imidazole rings is 1. The SMILES string of the molecule is CCCCCCCn1c(CC)nc2c(-c3ccc(Cl)cc3C)ncnc21. The van der Waals surface area contributed by atoms with E-state index in [2.05, 4.69) is 35.3 Å². The molecule has 3 rings (SSSR count). The van der Waals surface area contributed by atoms with Gasteiger partial charge in [-0.05, 0) is 31.0 Å². The zero-order valence-corrected chi connectivity index (χ0v) is 16.7. The lowest BCUT2D eigenvalue weighted by atomic mass is 10.1. The highest BCUT2D eigenvalue weighted by molar-refractivity contribution is 6.30. The number of hydrogen-bond acceptors (Lipinski definition) is 3. The van der Waals surface area contributed by atoms with Crippen LogP contribution in [-0.4, -0.2) is 19.5 Å². The number of rotatable bonds is 8. The molecule has 0 saturated carbocycles. The van der Waals surface area contributed by atoms with Crippen LogP contribution in [0.2, 0.25) is 5.02 Å². The molecule has 0 spiro atoms. The van der Waals surface area contributed by atoms with Gasteiger partial charge in [-0.2, -0.15) is 0 Å². The van der Waals surface area contributed by atoms with Gasteiger partial charge in [0.05, 0.1) is 0 Å². The molecule has 0 bridgehead atoms. The Labute approximate surface area is 160 Å². The molecule has 0 saturated heterocycles. The molecule has 0 aliphatic heterocycles. The van der Waals surface area contributed by atoms with Crippen molar-refractivity contribution in [2.45, 2.75) is 65.8 Å². The quantitative estimate of drug-likeness (QED) is 0.457. The molecule has 0 radical (unpaired) electrons. The van der Waals surface area contributed by atoms with Gasteiger partial charge in [0.15, 0.2) is 5.65 Å². The number of nitrogens with zero attached hydrogens (tertiary/aromatic N) is 4. The Morgan fingerprint density at radius 3 is 2.58 bits per heavy atom. The number of aryl methyl sites for hydroxylation is 3. The smallest absolute Gasteiger partial charge is 0.164 e. The van der Waals surface area contributed by atoms with Gasteiger partial charge in [0.1, 0.15) is 23.4 Å². The van der Waals surface area contributed by atoms with Gasteiger partial charge in [-0.3, -0.25) is 0 Å². The molecular weight excluding hydrogens is 344 g/mol. The van der Waals surface area contributed by atoms with E-state index in [1.165, 1.54) is 25.7 Å². The molecule has 26 heavy (non-hydrogen) atoms. The van der Waals surface area contributed by atoms with Gasteiger partial charge in [0.2, 0.25) is 0 Å². The fourth-order valence-electron chi connectivity index (χ4n) is 3.45. The zero-order chi connectivity index (χ0) is 18.5. The molecule has 4 nitrogen and oxygen atoms in total. The molecule has 0 amide bonds. The van der Waals surface area contributed by atoms with Crippen molar-refractivity contribution in [3.8, 4) is 11.3 Å². The average Bonchev–Trinajstić information content (AvgIpc) is 3.00. The van der Waals surface area contributed by atoms with Crippen molar-refractivity contribution in [2.24, 2.45) is 0 Å². The molecule has 0 fully saturated rings. The van der Waals surface area contributed by atoms with Gasteiger partial charge in [-0.15, -0.1) is 0 Å². The maximum absolute atomic E-state index is 6.12. The normalized spacial score (nSPS) is 11.4. The summed E-state index contributed by atoms with van der Waals surface area (Å²) in [6, 6.07) is 5.90. The molecule has 5 heteroatoms. The van der Waals surface area contributed by atoms with Gasteiger partial charge in [0.25, 0.3) is 0 Å². The Bertz CT molecular complexity index is 885. The second kappa shape index (κ2) is 8.63. The Morgan fingerprint density at radius 1 is 1.04 bits per heavy atom. The summed E-state index contributed by atoms with van der Waals surface area (Å²) in [5.74, 6) is 1.09. The van der Waals surface area contributed by atoms with Crippen LogP contribution in [0.15, 0.2) is 24.5 Å². The number of hydrogen-bond donors (Lipinski definition) is 0. The lowest BCUT2D eigenvalue weighted by molar-refractivity contribution is 0.561. The van der Waals surface area contributed by atoms with Crippen molar-refractivity contribution in [3.05, 3.63) is 40.9 Å². The third-order valence-corrected chi connectivity index (χ3v) is 5.09. The van der Waals surface area contributed by atoms with Crippen LogP contribution in [-0.2, 0) is 13.0 Å². The number of unbranched alkanes of at least 4 members (excludes halogenated alkanes) is 4. The van der Waals surface area contributed by atoms with E-state index >= 15 is 0 Å². The summed E-state index contributed by atoms with van der Waals surface area (Å²) in [7, 11) is 0. The van der Waals surface area contributed by atoms with E-state index in [0.717, 1.165) is 58.2 Å². The molecule has 0 atom stereocenters. The van der Waals surface area contributed by atoms with E-state index in [4.69, 9.17) is 16.6 Å². The molecule has 138 valence electrons. The predicted octanol–water partition coefficient (Wildman–Crippen LogP) is 5.99. The van der Waals surface area contributed by atoms with Crippen LogP contribution < -0.4 is 0 Å². The van der Waals surface area contributed by atoms with Crippen molar-refractivity contribution in [1.82, 2.24) is 19.5 Å². The Balaban J connectivity index is 1.97. The largest absolute Gasteiger partial charge is 0.313 e. The number of fused-ring (bicyclic) bond motifs is 1. The zero-order valence-electron chi connectivity index (χ0n) is 15.9. The first kappa shape index (κ1) is 18.8. The van der Waals surface area contributed by atoms with Gasteiger partial charge >= 0.3 is 0 Å². The van der Waals surface area contributed by atoms with Crippen LogP contribution >= 0.6 is 11.6 Å². The van der Waals surface area contributed by atoms with E-state index < -0.39 is 0 Å². The minimum absolute atomic E-state index is 0.739. The summed E-state index contributed by atoms with van der Waals surface area (Å²) in [5.41, 5.74) is 4.89. The molecule has 2 aromatic heterocycles. The molecule has 0 unspecified atom stereocenters. The monoisotopic (exact) mass is 370 g/mol. The fraction of sp³-hybridized carbons (Fsp3) is 0.476. The maximum Gasteiger partial charge on any atom is 0.164 e.